The molecule has 0 unspecified atom stereocenters. The Balaban J connectivity index is 4.11. The molecule has 28 heavy (non-hydrogen) atoms. The predicted molar refractivity (Wildman–Crippen MR) is 143 cm³/mol. The summed E-state index contributed by atoms with van der Waals surface area (Å²) in [5, 5.41) is 0.382. The number of hydrogen-bond acceptors (Lipinski definition) is 0. The van der Waals surface area contributed by atoms with E-state index < -0.39 is 0 Å². The van der Waals surface area contributed by atoms with Crippen molar-refractivity contribution < 1.29 is 0 Å². The molecule has 0 heterocycles. The Morgan fingerprint density at radius 1 is 0.607 bits per heavy atom. The second kappa shape index (κ2) is 15.6. The highest BCUT2D eigenvalue weighted by Gasteiger charge is 2.18. The van der Waals surface area contributed by atoms with Gasteiger partial charge in [0.15, 0.2) is 0 Å². The zero-order valence-electron chi connectivity index (χ0n) is 19.7. The summed E-state index contributed by atoms with van der Waals surface area (Å²) >= 11 is 0. The Labute approximate surface area is 180 Å². The lowest BCUT2D eigenvalue weighted by atomic mass is 9.48. The Morgan fingerprint density at radius 3 is 1.46 bits per heavy atom. The third kappa shape index (κ3) is 18.1. The van der Waals surface area contributed by atoms with Crippen LogP contribution >= 0.6 is 0 Å². The smallest absolute Gasteiger partial charge is 0.0985 e. The Kier molecular flexibility index (Phi) is 14.9. The van der Waals surface area contributed by atoms with Gasteiger partial charge in [-0.3, -0.25) is 0 Å². The monoisotopic (exact) mass is 374 g/mol. The number of allylic oxidation sites excluding steroid dienone is 12. The fourth-order valence-corrected chi connectivity index (χ4v) is 3.14. The highest BCUT2D eigenvalue weighted by molar-refractivity contribution is 6.44. The zero-order valence-corrected chi connectivity index (χ0v) is 19.7. The van der Waals surface area contributed by atoms with E-state index in [1.807, 2.05) is 0 Å². The fraction of sp³-hybridized carbons (Fsp3) is 0.500. The second-order valence-electron chi connectivity index (χ2n) is 9.38. The van der Waals surface area contributed by atoms with Crippen molar-refractivity contribution in [2.24, 2.45) is 5.92 Å². The van der Waals surface area contributed by atoms with Crippen LogP contribution < -0.4 is 0 Å². The van der Waals surface area contributed by atoms with Crippen LogP contribution in [-0.2, 0) is 0 Å². The van der Waals surface area contributed by atoms with Gasteiger partial charge in [-0.05, 0) is 38.0 Å². The Morgan fingerprint density at radius 2 is 1.04 bits per heavy atom. The van der Waals surface area contributed by atoms with Crippen LogP contribution in [0, 0.1) is 5.92 Å². The van der Waals surface area contributed by atoms with Gasteiger partial charge in [0.25, 0.3) is 0 Å². The maximum atomic E-state index is 2.40. The maximum Gasteiger partial charge on any atom is 0.108 e. The molecule has 0 N–H and O–H groups in total. The zero-order chi connectivity index (χ0) is 21.3. The molecule has 0 aromatic carbocycles. The molecule has 0 aromatic heterocycles. The molecule has 0 radical (unpaired) electrons. The molecular formula is C24H42B4. The number of hydrogen-bond donors (Lipinski definition) is 0. The highest BCUT2D eigenvalue weighted by Crippen LogP contribution is 2.31. The normalized spacial score (nSPS) is 14.4. The van der Waals surface area contributed by atoms with Crippen LogP contribution in [0.2, 0.25) is 10.4 Å². The lowest BCUT2D eigenvalue weighted by Crippen LogP contribution is -2.15. The second-order valence-corrected chi connectivity index (χ2v) is 9.38. The quantitative estimate of drug-likeness (QED) is 0.317. The van der Waals surface area contributed by atoms with Crippen LogP contribution in [0.25, 0.3) is 0 Å². The molecular weight excluding hydrogens is 332 g/mol. The molecule has 0 rings (SSSR count). The first-order valence-corrected chi connectivity index (χ1v) is 11.2. The lowest BCUT2D eigenvalue weighted by molar-refractivity contribution is 0.570. The van der Waals surface area contributed by atoms with Crippen LogP contribution in [-0.4, -0.2) is 31.4 Å². The average Bonchev–Trinajstić information content (AvgIpc) is 2.59. The molecule has 0 aliphatic carbocycles. The van der Waals surface area contributed by atoms with E-state index in [1.165, 1.54) is 6.42 Å². The molecule has 0 saturated carbocycles. The summed E-state index contributed by atoms with van der Waals surface area (Å²) in [7, 11) is 9.23. The van der Waals surface area contributed by atoms with E-state index in [0.717, 1.165) is 38.0 Å². The summed E-state index contributed by atoms with van der Waals surface area (Å²) in [6.07, 6.45) is 33.7. The third-order valence-electron chi connectivity index (χ3n) is 4.44. The molecule has 150 valence electrons. The van der Waals surface area contributed by atoms with Gasteiger partial charge in [-0.25, -0.2) is 0 Å². The first-order valence-electron chi connectivity index (χ1n) is 11.2. The van der Waals surface area contributed by atoms with E-state index >= 15 is 0 Å². The van der Waals surface area contributed by atoms with E-state index in [-0.39, 0.29) is 10.4 Å². The topological polar surface area (TPSA) is 0 Å². The van der Waals surface area contributed by atoms with E-state index in [9.17, 15) is 0 Å². The molecule has 0 atom stereocenters. The van der Waals surface area contributed by atoms with Gasteiger partial charge in [0.2, 0.25) is 0 Å². The summed E-state index contributed by atoms with van der Waals surface area (Å²) < 4.78 is 0. The Bertz CT molecular complexity index is 561. The molecule has 0 aliphatic heterocycles. The molecule has 0 bridgehead atoms. The highest BCUT2D eigenvalue weighted by atomic mass is 14.1. The van der Waals surface area contributed by atoms with Crippen molar-refractivity contribution in [1.29, 1.82) is 0 Å². The largest absolute Gasteiger partial charge is 0.108 e. The molecule has 0 saturated heterocycles. The minimum Gasteiger partial charge on any atom is -0.0985 e. The van der Waals surface area contributed by atoms with E-state index in [2.05, 4.69) is 125 Å². The van der Waals surface area contributed by atoms with Gasteiger partial charge in [0, 0.05) is 0 Å². The van der Waals surface area contributed by atoms with E-state index in [1.54, 1.807) is 0 Å². The molecule has 4 heteroatoms. The van der Waals surface area contributed by atoms with Gasteiger partial charge in [0.1, 0.15) is 31.4 Å². The fourth-order valence-electron chi connectivity index (χ4n) is 3.14. The van der Waals surface area contributed by atoms with Crippen LogP contribution in [0.5, 0.6) is 0 Å². The van der Waals surface area contributed by atoms with Crippen molar-refractivity contribution in [2.45, 2.75) is 69.7 Å². The molecule has 0 fully saturated rings. The molecule has 0 spiro atoms. The minimum absolute atomic E-state index is 0.112. The van der Waals surface area contributed by atoms with Crippen molar-refractivity contribution in [1.82, 2.24) is 0 Å². The summed E-state index contributed by atoms with van der Waals surface area (Å²) in [6.45, 7) is 6.76. The summed E-state index contributed by atoms with van der Waals surface area (Å²) in [5.74, 6) is 0.733. The number of rotatable bonds is 14. The third-order valence-corrected chi connectivity index (χ3v) is 4.44. The van der Waals surface area contributed by atoms with Crippen molar-refractivity contribution >= 4 is 31.4 Å². The van der Waals surface area contributed by atoms with Gasteiger partial charge >= 0.3 is 0 Å². The van der Waals surface area contributed by atoms with Gasteiger partial charge in [0.05, 0.1) is 0 Å². The predicted octanol–water partition coefficient (Wildman–Crippen LogP) is 4.10. The summed E-state index contributed by atoms with van der Waals surface area (Å²) in [4.78, 5) is 0. The molecule has 0 aromatic rings. The molecule has 0 amide bonds. The Hall–Kier alpha value is -1.30. The maximum absolute atomic E-state index is 2.40. The van der Waals surface area contributed by atoms with Gasteiger partial charge in [-0.15, -0.1) is 0 Å². The molecule has 0 aliphatic rings. The SMILES string of the molecule is BC(B)(/C=C\C/C=C\C/C=C\C/C=C\C/C=C\CC)/C=C\C(B)(B)CC(C)C. The first kappa shape index (κ1) is 26.7. The van der Waals surface area contributed by atoms with Crippen LogP contribution in [0.4, 0.5) is 0 Å². The standard InChI is InChI=1S/C24H42B4/c1-4-5-6-7-8-9-10-11-12-13-14-15-16-17-18-23(25,26)19-20-24(27,28)21-22(2)3/h5-6,8-9,11-12,14-15,17-20,22H,4,7,10,13,16,21,25-28H2,1-3H3/b6-5-,9-8-,12-11-,15-14-,18-17-,20-19-. The molecule has 0 nitrogen and oxygen atoms in total. The summed E-state index contributed by atoms with van der Waals surface area (Å²) in [5.41, 5.74) is 0. The van der Waals surface area contributed by atoms with E-state index in [4.69, 9.17) is 0 Å². The van der Waals surface area contributed by atoms with Crippen LogP contribution in [0.15, 0.2) is 72.9 Å². The van der Waals surface area contributed by atoms with Crippen LogP contribution in [0.1, 0.15) is 59.3 Å². The minimum atomic E-state index is 0.112. The lowest BCUT2D eigenvalue weighted by Gasteiger charge is -2.25. The van der Waals surface area contributed by atoms with Gasteiger partial charge in [-0.1, -0.05) is 111 Å². The van der Waals surface area contributed by atoms with Crippen molar-refractivity contribution in [3.05, 3.63) is 72.9 Å². The average molecular weight is 374 g/mol. The van der Waals surface area contributed by atoms with Gasteiger partial charge in [-0.2, -0.15) is 0 Å². The van der Waals surface area contributed by atoms with E-state index in [0.29, 0.717) is 0 Å². The van der Waals surface area contributed by atoms with Crippen LogP contribution in [0.3, 0.4) is 0 Å². The van der Waals surface area contributed by atoms with Crippen molar-refractivity contribution in [2.75, 3.05) is 0 Å². The van der Waals surface area contributed by atoms with Crippen molar-refractivity contribution in [3.63, 3.8) is 0 Å². The first-order chi connectivity index (χ1) is 13.2. The summed E-state index contributed by atoms with van der Waals surface area (Å²) in [6, 6.07) is 0. The van der Waals surface area contributed by atoms with Crippen molar-refractivity contribution in [3.8, 4) is 0 Å². The van der Waals surface area contributed by atoms with Gasteiger partial charge < -0.3 is 0 Å².